The average molecular weight is 307 g/mol. The SMILES string of the molecule is CC(=O)C1(Sc2ccccc2-c2ccc(C#N)cc2)CCC1. The summed E-state index contributed by atoms with van der Waals surface area (Å²) in [5.74, 6) is 0.276. The van der Waals surface area contributed by atoms with E-state index in [0.717, 1.165) is 35.3 Å². The lowest BCUT2D eigenvalue weighted by atomic mass is 9.81. The smallest absolute Gasteiger partial charge is 0.146 e. The van der Waals surface area contributed by atoms with Gasteiger partial charge in [-0.25, -0.2) is 0 Å². The Bertz CT molecular complexity index is 739. The van der Waals surface area contributed by atoms with E-state index in [2.05, 4.69) is 18.2 Å². The number of rotatable bonds is 4. The van der Waals surface area contributed by atoms with Crippen LogP contribution >= 0.6 is 11.8 Å². The van der Waals surface area contributed by atoms with Gasteiger partial charge in [-0.1, -0.05) is 30.3 Å². The van der Waals surface area contributed by atoms with Crippen molar-refractivity contribution in [3.05, 3.63) is 54.1 Å². The molecule has 0 N–H and O–H groups in total. The molecule has 22 heavy (non-hydrogen) atoms. The van der Waals surface area contributed by atoms with E-state index in [4.69, 9.17) is 5.26 Å². The molecule has 1 aliphatic carbocycles. The highest BCUT2D eigenvalue weighted by Gasteiger charge is 2.42. The lowest BCUT2D eigenvalue weighted by Crippen LogP contribution is -2.40. The van der Waals surface area contributed by atoms with Crippen LogP contribution in [0.2, 0.25) is 0 Å². The van der Waals surface area contributed by atoms with Crippen LogP contribution in [0.1, 0.15) is 31.7 Å². The first-order valence-electron chi connectivity index (χ1n) is 7.44. The number of hydrogen-bond acceptors (Lipinski definition) is 3. The second-order valence-corrected chi connectivity index (χ2v) is 7.12. The quantitative estimate of drug-likeness (QED) is 0.812. The second-order valence-electron chi connectivity index (χ2n) is 5.69. The number of carbonyl (C=O) groups is 1. The molecule has 2 aromatic carbocycles. The number of nitriles is 1. The zero-order valence-corrected chi connectivity index (χ0v) is 13.3. The van der Waals surface area contributed by atoms with Crippen LogP contribution < -0.4 is 0 Å². The molecule has 0 bridgehead atoms. The van der Waals surface area contributed by atoms with E-state index in [0.29, 0.717) is 5.56 Å². The molecule has 0 atom stereocenters. The Hall–Kier alpha value is -2.05. The molecule has 0 radical (unpaired) electrons. The van der Waals surface area contributed by atoms with Crippen LogP contribution in [0.4, 0.5) is 0 Å². The second kappa shape index (κ2) is 5.98. The van der Waals surface area contributed by atoms with Crippen molar-refractivity contribution in [2.24, 2.45) is 0 Å². The molecule has 0 unspecified atom stereocenters. The van der Waals surface area contributed by atoms with Crippen molar-refractivity contribution in [3.63, 3.8) is 0 Å². The number of ketones is 1. The molecule has 3 rings (SSSR count). The van der Waals surface area contributed by atoms with Crippen LogP contribution in [0.15, 0.2) is 53.4 Å². The fourth-order valence-electron chi connectivity index (χ4n) is 2.75. The maximum Gasteiger partial charge on any atom is 0.146 e. The molecule has 1 aliphatic rings. The third kappa shape index (κ3) is 2.67. The fourth-order valence-corrected chi connectivity index (χ4v) is 4.25. The van der Waals surface area contributed by atoms with Crippen molar-refractivity contribution in [3.8, 4) is 17.2 Å². The molecule has 0 aromatic heterocycles. The summed E-state index contributed by atoms with van der Waals surface area (Å²) in [6.45, 7) is 1.70. The van der Waals surface area contributed by atoms with Gasteiger partial charge in [-0.2, -0.15) is 5.26 Å². The first-order valence-corrected chi connectivity index (χ1v) is 8.26. The highest BCUT2D eigenvalue weighted by Crippen LogP contribution is 2.50. The Labute approximate surface area is 135 Å². The van der Waals surface area contributed by atoms with Gasteiger partial charge in [-0.15, -0.1) is 11.8 Å². The first-order chi connectivity index (χ1) is 10.6. The first kappa shape index (κ1) is 14.9. The minimum Gasteiger partial charge on any atom is -0.298 e. The van der Waals surface area contributed by atoms with Gasteiger partial charge in [0.2, 0.25) is 0 Å². The van der Waals surface area contributed by atoms with Crippen molar-refractivity contribution >= 4 is 17.5 Å². The van der Waals surface area contributed by atoms with Gasteiger partial charge in [0.25, 0.3) is 0 Å². The molecular weight excluding hydrogens is 290 g/mol. The lowest BCUT2D eigenvalue weighted by Gasteiger charge is -2.39. The Morgan fingerprint density at radius 3 is 2.36 bits per heavy atom. The van der Waals surface area contributed by atoms with Crippen molar-refractivity contribution in [2.45, 2.75) is 35.8 Å². The minimum absolute atomic E-state index is 0.233. The summed E-state index contributed by atoms with van der Waals surface area (Å²) >= 11 is 1.70. The summed E-state index contributed by atoms with van der Waals surface area (Å²) in [5.41, 5.74) is 2.87. The van der Waals surface area contributed by atoms with Crippen LogP contribution in [0.3, 0.4) is 0 Å². The van der Waals surface area contributed by atoms with Crippen LogP contribution in [0, 0.1) is 11.3 Å². The largest absolute Gasteiger partial charge is 0.298 e. The molecule has 1 fully saturated rings. The van der Waals surface area contributed by atoms with Crippen molar-refractivity contribution in [1.82, 2.24) is 0 Å². The summed E-state index contributed by atoms with van der Waals surface area (Å²) in [7, 11) is 0. The molecule has 0 saturated heterocycles. The van der Waals surface area contributed by atoms with Crippen LogP contribution in [-0.4, -0.2) is 10.5 Å². The summed E-state index contributed by atoms with van der Waals surface area (Å²) in [5, 5.41) is 8.92. The summed E-state index contributed by atoms with van der Waals surface area (Å²) in [4.78, 5) is 13.2. The Morgan fingerprint density at radius 1 is 1.14 bits per heavy atom. The predicted octanol–water partition coefficient (Wildman–Crippen LogP) is 4.83. The van der Waals surface area contributed by atoms with E-state index in [-0.39, 0.29) is 10.5 Å². The van der Waals surface area contributed by atoms with Crippen LogP contribution in [0.25, 0.3) is 11.1 Å². The molecule has 1 saturated carbocycles. The van der Waals surface area contributed by atoms with E-state index in [1.165, 1.54) is 0 Å². The van der Waals surface area contributed by atoms with Gasteiger partial charge in [0, 0.05) is 4.90 Å². The number of Topliss-reactive ketones (excluding diaryl/α,β-unsaturated/α-hetero) is 1. The Morgan fingerprint density at radius 2 is 1.82 bits per heavy atom. The average Bonchev–Trinajstić information content (AvgIpc) is 2.51. The maximum absolute atomic E-state index is 12.0. The van der Waals surface area contributed by atoms with Crippen molar-refractivity contribution < 1.29 is 4.79 Å². The predicted molar refractivity (Wildman–Crippen MR) is 89.7 cm³/mol. The van der Waals surface area contributed by atoms with E-state index < -0.39 is 0 Å². The van der Waals surface area contributed by atoms with E-state index in [9.17, 15) is 4.79 Å². The number of carbonyl (C=O) groups excluding carboxylic acids is 1. The number of nitrogens with zero attached hydrogens (tertiary/aromatic N) is 1. The molecule has 0 amide bonds. The minimum atomic E-state index is -0.233. The molecule has 110 valence electrons. The van der Waals surface area contributed by atoms with Gasteiger partial charge >= 0.3 is 0 Å². The molecule has 0 heterocycles. The van der Waals surface area contributed by atoms with E-state index in [1.54, 1.807) is 18.7 Å². The molecule has 2 nitrogen and oxygen atoms in total. The van der Waals surface area contributed by atoms with Crippen LogP contribution in [0.5, 0.6) is 0 Å². The number of benzene rings is 2. The zero-order valence-electron chi connectivity index (χ0n) is 12.5. The monoisotopic (exact) mass is 307 g/mol. The van der Waals surface area contributed by atoms with Gasteiger partial charge in [0.05, 0.1) is 16.4 Å². The molecular formula is C19H17NOS. The summed E-state index contributed by atoms with van der Waals surface area (Å²) in [6, 6.07) is 17.9. The third-order valence-corrected chi connectivity index (χ3v) is 5.98. The van der Waals surface area contributed by atoms with Gasteiger partial charge < -0.3 is 0 Å². The molecule has 3 heteroatoms. The Kier molecular flexibility index (Phi) is 4.04. The standard InChI is InChI=1S/C19H17NOS/c1-14(21)19(11-4-12-19)22-18-6-3-2-5-17(18)16-9-7-15(13-20)8-10-16/h2-3,5-10H,4,11-12H2,1H3. The Balaban J connectivity index is 1.96. The number of thioether (sulfide) groups is 1. The zero-order chi connectivity index (χ0) is 15.6. The van der Waals surface area contributed by atoms with E-state index in [1.807, 2.05) is 36.4 Å². The van der Waals surface area contributed by atoms with Gasteiger partial charge in [-0.05, 0) is 55.5 Å². The van der Waals surface area contributed by atoms with Crippen LogP contribution in [-0.2, 0) is 4.79 Å². The third-order valence-electron chi connectivity index (χ3n) is 4.32. The highest BCUT2D eigenvalue weighted by molar-refractivity contribution is 8.01. The summed E-state index contributed by atoms with van der Waals surface area (Å²) < 4.78 is -0.233. The molecule has 0 spiro atoms. The van der Waals surface area contributed by atoms with Gasteiger partial charge in [0.15, 0.2) is 0 Å². The van der Waals surface area contributed by atoms with Crippen molar-refractivity contribution in [1.29, 1.82) is 5.26 Å². The van der Waals surface area contributed by atoms with Crippen molar-refractivity contribution in [2.75, 3.05) is 0 Å². The topological polar surface area (TPSA) is 40.9 Å². The highest BCUT2D eigenvalue weighted by atomic mass is 32.2. The fraction of sp³-hybridized carbons (Fsp3) is 0.263. The molecule has 2 aromatic rings. The molecule has 0 aliphatic heterocycles. The summed E-state index contributed by atoms with van der Waals surface area (Å²) in [6.07, 6.45) is 3.06. The number of hydrogen-bond donors (Lipinski definition) is 0. The lowest BCUT2D eigenvalue weighted by molar-refractivity contribution is -0.121. The van der Waals surface area contributed by atoms with E-state index >= 15 is 0 Å². The van der Waals surface area contributed by atoms with Gasteiger partial charge in [0.1, 0.15) is 5.78 Å². The normalized spacial score (nSPS) is 15.6. The maximum atomic E-state index is 12.0. The van der Waals surface area contributed by atoms with Gasteiger partial charge in [-0.3, -0.25) is 4.79 Å².